The van der Waals surface area contributed by atoms with Crippen molar-refractivity contribution in [1.82, 2.24) is 4.98 Å². The molecule has 122 valence electrons. The normalized spacial score (nSPS) is 13.2. The van der Waals surface area contributed by atoms with E-state index in [1.807, 2.05) is 61.1 Å². The SMILES string of the molecule is COc1ccc(C(O)(C=C(SC)SC)Cc2ccccn2)cc1. The molecule has 0 radical (unpaired) electrons. The first kappa shape index (κ1) is 17.9. The lowest BCUT2D eigenvalue weighted by atomic mass is 9.89. The number of benzene rings is 1. The molecule has 3 nitrogen and oxygen atoms in total. The molecule has 0 amide bonds. The van der Waals surface area contributed by atoms with Gasteiger partial charge in [0.1, 0.15) is 11.4 Å². The maximum absolute atomic E-state index is 11.3. The number of methoxy groups -OCH3 is 1. The van der Waals surface area contributed by atoms with Crippen molar-refractivity contribution in [2.45, 2.75) is 12.0 Å². The minimum absolute atomic E-state index is 0.421. The van der Waals surface area contributed by atoms with Crippen LogP contribution in [-0.2, 0) is 12.0 Å². The van der Waals surface area contributed by atoms with Gasteiger partial charge in [0.15, 0.2) is 0 Å². The molecule has 0 bridgehead atoms. The zero-order valence-corrected chi connectivity index (χ0v) is 15.2. The third-order valence-corrected chi connectivity index (χ3v) is 5.57. The Morgan fingerprint density at radius 3 is 2.39 bits per heavy atom. The molecule has 0 aliphatic heterocycles. The van der Waals surface area contributed by atoms with Crippen LogP contribution in [0, 0.1) is 0 Å². The quantitative estimate of drug-likeness (QED) is 0.817. The standard InChI is InChI=1S/C18H21NO2S2/c1-21-16-9-7-14(8-10-16)18(20,13-17(22-2)23-3)12-15-6-4-5-11-19-15/h4-11,13,20H,12H2,1-3H3. The van der Waals surface area contributed by atoms with Crippen molar-refractivity contribution in [3.8, 4) is 5.75 Å². The van der Waals surface area contributed by atoms with E-state index < -0.39 is 5.60 Å². The van der Waals surface area contributed by atoms with Crippen molar-refractivity contribution in [2.75, 3.05) is 19.6 Å². The summed E-state index contributed by atoms with van der Waals surface area (Å²) >= 11 is 3.26. The molecule has 1 aromatic carbocycles. The Morgan fingerprint density at radius 1 is 1.17 bits per heavy atom. The summed E-state index contributed by atoms with van der Waals surface area (Å²) in [4.78, 5) is 4.35. The lowest BCUT2D eigenvalue weighted by molar-refractivity contribution is 0.0887. The summed E-state index contributed by atoms with van der Waals surface area (Å²) in [6.45, 7) is 0. The molecule has 23 heavy (non-hydrogen) atoms. The number of nitrogens with zero attached hydrogens (tertiary/aromatic N) is 1. The predicted octanol–water partition coefficient (Wildman–Crippen LogP) is 4.09. The Morgan fingerprint density at radius 2 is 1.87 bits per heavy atom. The van der Waals surface area contributed by atoms with Crippen LogP contribution in [-0.4, -0.2) is 29.7 Å². The molecule has 1 N–H and O–H groups in total. The lowest BCUT2D eigenvalue weighted by Gasteiger charge is -2.26. The van der Waals surface area contributed by atoms with E-state index >= 15 is 0 Å². The van der Waals surface area contributed by atoms with Crippen molar-refractivity contribution in [2.24, 2.45) is 0 Å². The van der Waals surface area contributed by atoms with Gasteiger partial charge in [0.2, 0.25) is 0 Å². The number of ether oxygens (including phenoxy) is 1. The molecular formula is C18H21NO2S2. The highest BCUT2D eigenvalue weighted by Gasteiger charge is 2.28. The molecule has 1 heterocycles. The van der Waals surface area contributed by atoms with E-state index in [1.54, 1.807) is 36.8 Å². The largest absolute Gasteiger partial charge is 0.497 e. The van der Waals surface area contributed by atoms with E-state index in [0.717, 1.165) is 21.2 Å². The number of pyridine rings is 1. The van der Waals surface area contributed by atoms with Crippen LogP contribution in [0.15, 0.2) is 59.0 Å². The third-order valence-electron chi connectivity index (χ3n) is 3.53. The highest BCUT2D eigenvalue weighted by atomic mass is 32.2. The Labute approximate surface area is 146 Å². The molecule has 5 heteroatoms. The van der Waals surface area contributed by atoms with Crippen molar-refractivity contribution >= 4 is 23.5 Å². The first-order valence-corrected chi connectivity index (χ1v) is 9.64. The fraction of sp³-hybridized carbons (Fsp3) is 0.278. The van der Waals surface area contributed by atoms with Gasteiger partial charge in [0.05, 0.1) is 7.11 Å². The zero-order valence-electron chi connectivity index (χ0n) is 13.5. The summed E-state index contributed by atoms with van der Waals surface area (Å²) in [5.74, 6) is 0.771. The van der Waals surface area contributed by atoms with Crippen LogP contribution in [0.4, 0.5) is 0 Å². The summed E-state index contributed by atoms with van der Waals surface area (Å²) < 4.78 is 6.27. The van der Waals surface area contributed by atoms with Crippen molar-refractivity contribution in [3.63, 3.8) is 0 Å². The Balaban J connectivity index is 2.42. The number of hydrogen-bond donors (Lipinski definition) is 1. The lowest BCUT2D eigenvalue weighted by Crippen LogP contribution is -2.27. The molecule has 0 saturated heterocycles. The number of aromatic nitrogens is 1. The second kappa shape index (κ2) is 8.43. The van der Waals surface area contributed by atoms with E-state index in [9.17, 15) is 5.11 Å². The van der Waals surface area contributed by atoms with Gasteiger partial charge in [0.25, 0.3) is 0 Å². The molecule has 1 unspecified atom stereocenters. The summed E-state index contributed by atoms with van der Waals surface area (Å²) in [6.07, 6.45) is 8.11. The summed E-state index contributed by atoms with van der Waals surface area (Å²) in [7, 11) is 1.63. The average Bonchev–Trinajstić information content (AvgIpc) is 2.60. The third kappa shape index (κ3) is 4.77. The van der Waals surface area contributed by atoms with Crippen LogP contribution in [0.2, 0.25) is 0 Å². The number of thioether (sulfide) groups is 2. The van der Waals surface area contributed by atoms with Gasteiger partial charge in [-0.3, -0.25) is 4.98 Å². The van der Waals surface area contributed by atoms with Crippen molar-refractivity contribution < 1.29 is 9.84 Å². The minimum Gasteiger partial charge on any atom is -0.497 e. The molecule has 2 aromatic rings. The van der Waals surface area contributed by atoms with Crippen molar-refractivity contribution in [1.29, 1.82) is 0 Å². The van der Waals surface area contributed by atoms with Gasteiger partial charge in [-0.05, 0) is 48.4 Å². The molecule has 0 aliphatic rings. The van der Waals surface area contributed by atoms with Gasteiger partial charge in [-0.25, -0.2) is 0 Å². The molecule has 1 atom stereocenters. The van der Waals surface area contributed by atoms with E-state index in [0.29, 0.717) is 6.42 Å². The van der Waals surface area contributed by atoms with E-state index in [1.165, 1.54) is 0 Å². The van der Waals surface area contributed by atoms with Gasteiger partial charge >= 0.3 is 0 Å². The minimum atomic E-state index is -1.11. The maximum atomic E-state index is 11.3. The highest BCUT2D eigenvalue weighted by molar-refractivity contribution is 8.21. The van der Waals surface area contributed by atoms with Crippen LogP contribution < -0.4 is 4.74 Å². The highest BCUT2D eigenvalue weighted by Crippen LogP contribution is 2.34. The van der Waals surface area contributed by atoms with Crippen molar-refractivity contribution in [3.05, 3.63) is 70.2 Å². The Bertz CT molecular complexity index is 638. The molecule has 0 saturated carbocycles. The van der Waals surface area contributed by atoms with Crippen LogP contribution in [0.3, 0.4) is 0 Å². The van der Waals surface area contributed by atoms with E-state index in [2.05, 4.69) is 4.98 Å². The molecule has 0 fully saturated rings. The average molecular weight is 348 g/mol. The van der Waals surface area contributed by atoms with Crippen LogP contribution in [0.25, 0.3) is 0 Å². The summed E-state index contributed by atoms with van der Waals surface area (Å²) in [6, 6.07) is 13.3. The fourth-order valence-electron chi connectivity index (χ4n) is 2.29. The topological polar surface area (TPSA) is 42.4 Å². The van der Waals surface area contributed by atoms with Crippen LogP contribution in [0.1, 0.15) is 11.3 Å². The van der Waals surface area contributed by atoms with Gasteiger partial charge in [-0.2, -0.15) is 0 Å². The second-order valence-electron chi connectivity index (χ2n) is 5.02. The monoisotopic (exact) mass is 347 g/mol. The number of rotatable bonds is 7. The first-order chi connectivity index (χ1) is 11.1. The van der Waals surface area contributed by atoms with E-state index in [-0.39, 0.29) is 0 Å². The molecule has 1 aromatic heterocycles. The summed E-state index contributed by atoms with van der Waals surface area (Å²) in [5.41, 5.74) is 0.565. The second-order valence-corrected chi connectivity index (χ2v) is 6.98. The number of hydrogen-bond acceptors (Lipinski definition) is 5. The molecule has 2 rings (SSSR count). The Kier molecular flexibility index (Phi) is 6.57. The zero-order chi connectivity index (χ0) is 16.7. The van der Waals surface area contributed by atoms with Gasteiger partial charge in [-0.15, -0.1) is 23.5 Å². The molecular weight excluding hydrogens is 326 g/mol. The summed E-state index contributed by atoms with van der Waals surface area (Å²) in [5, 5.41) is 11.3. The smallest absolute Gasteiger partial charge is 0.118 e. The van der Waals surface area contributed by atoms with E-state index in [4.69, 9.17) is 4.74 Å². The van der Waals surface area contributed by atoms with Crippen LogP contribution >= 0.6 is 23.5 Å². The number of aliphatic hydroxyl groups is 1. The first-order valence-electron chi connectivity index (χ1n) is 7.19. The predicted molar refractivity (Wildman–Crippen MR) is 99.9 cm³/mol. The van der Waals surface area contributed by atoms with Gasteiger partial charge in [0, 0.05) is 22.5 Å². The van der Waals surface area contributed by atoms with Crippen LogP contribution in [0.5, 0.6) is 5.75 Å². The molecule has 0 aliphatic carbocycles. The van der Waals surface area contributed by atoms with Gasteiger partial charge < -0.3 is 9.84 Å². The maximum Gasteiger partial charge on any atom is 0.118 e. The Hall–Kier alpha value is -1.43. The fourth-order valence-corrected chi connectivity index (χ4v) is 3.58. The molecule has 0 spiro atoms. The van der Waals surface area contributed by atoms with Gasteiger partial charge in [-0.1, -0.05) is 18.2 Å².